The third-order valence-electron chi connectivity index (χ3n) is 3.98. The van der Waals surface area contributed by atoms with Gasteiger partial charge >= 0.3 is 0 Å². The number of carbonyl (C=O) groups excluding carboxylic acids is 1. The lowest BCUT2D eigenvalue weighted by molar-refractivity contribution is 0.0939. The van der Waals surface area contributed by atoms with Crippen molar-refractivity contribution in [3.8, 4) is 5.82 Å². The zero-order valence-electron chi connectivity index (χ0n) is 15.0. The molecule has 1 atom stereocenters. The van der Waals surface area contributed by atoms with Crippen molar-refractivity contribution >= 4 is 11.9 Å². The van der Waals surface area contributed by atoms with Crippen LogP contribution in [0.15, 0.2) is 43.0 Å². The molecular formula is C18H21N7O. The van der Waals surface area contributed by atoms with E-state index in [0.717, 1.165) is 23.6 Å². The van der Waals surface area contributed by atoms with Crippen molar-refractivity contribution in [3.63, 3.8) is 0 Å². The van der Waals surface area contributed by atoms with Gasteiger partial charge < -0.3 is 10.6 Å². The lowest BCUT2D eigenvalue weighted by Crippen LogP contribution is -2.27. The highest BCUT2D eigenvalue weighted by atomic mass is 16.1. The molecule has 3 aromatic rings. The van der Waals surface area contributed by atoms with Gasteiger partial charge in [-0.2, -0.15) is 5.10 Å². The van der Waals surface area contributed by atoms with E-state index in [0.29, 0.717) is 11.5 Å². The molecule has 0 aliphatic rings. The molecule has 0 unspecified atom stereocenters. The number of anilines is 1. The molecule has 0 fully saturated rings. The fraction of sp³-hybridized carbons (Fsp3) is 0.278. The minimum absolute atomic E-state index is 0.214. The van der Waals surface area contributed by atoms with Gasteiger partial charge in [0.05, 0.1) is 17.8 Å². The first-order valence-electron chi connectivity index (χ1n) is 8.43. The van der Waals surface area contributed by atoms with E-state index in [-0.39, 0.29) is 11.9 Å². The van der Waals surface area contributed by atoms with Gasteiger partial charge in [0.2, 0.25) is 5.95 Å². The van der Waals surface area contributed by atoms with Gasteiger partial charge in [-0.15, -0.1) is 0 Å². The van der Waals surface area contributed by atoms with E-state index < -0.39 is 0 Å². The maximum Gasteiger partial charge on any atom is 0.254 e. The van der Waals surface area contributed by atoms with E-state index in [4.69, 9.17) is 0 Å². The number of pyridine rings is 1. The van der Waals surface area contributed by atoms with Crippen LogP contribution >= 0.6 is 0 Å². The van der Waals surface area contributed by atoms with Gasteiger partial charge in [-0.3, -0.25) is 4.79 Å². The summed E-state index contributed by atoms with van der Waals surface area (Å²) in [5.41, 5.74) is 2.26. The molecule has 8 nitrogen and oxygen atoms in total. The van der Waals surface area contributed by atoms with Crippen molar-refractivity contribution in [2.75, 3.05) is 11.9 Å². The van der Waals surface area contributed by atoms with Crippen LogP contribution in [-0.4, -0.2) is 37.2 Å². The smallest absolute Gasteiger partial charge is 0.254 e. The molecule has 0 spiro atoms. The molecule has 3 rings (SSSR count). The van der Waals surface area contributed by atoms with E-state index in [2.05, 4.69) is 30.7 Å². The molecular weight excluding hydrogens is 330 g/mol. The summed E-state index contributed by atoms with van der Waals surface area (Å²) < 4.78 is 1.76. The fourth-order valence-electron chi connectivity index (χ4n) is 2.61. The summed E-state index contributed by atoms with van der Waals surface area (Å²) in [6.45, 7) is 6.55. The molecule has 3 heterocycles. The topological polar surface area (TPSA) is 97.6 Å². The van der Waals surface area contributed by atoms with Gasteiger partial charge in [-0.25, -0.2) is 19.6 Å². The third kappa shape index (κ3) is 3.69. The Labute approximate surface area is 151 Å². The fourth-order valence-corrected chi connectivity index (χ4v) is 2.61. The molecule has 0 radical (unpaired) electrons. The van der Waals surface area contributed by atoms with Gasteiger partial charge in [0.15, 0.2) is 5.82 Å². The Morgan fingerprint density at radius 2 is 1.96 bits per heavy atom. The van der Waals surface area contributed by atoms with Crippen LogP contribution < -0.4 is 10.6 Å². The highest BCUT2D eigenvalue weighted by Crippen LogP contribution is 2.19. The lowest BCUT2D eigenvalue weighted by atomic mass is 10.1. The average molecular weight is 351 g/mol. The van der Waals surface area contributed by atoms with E-state index >= 15 is 0 Å². The van der Waals surface area contributed by atoms with Gasteiger partial charge in [0.1, 0.15) is 0 Å². The zero-order chi connectivity index (χ0) is 18.5. The van der Waals surface area contributed by atoms with Crippen LogP contribution in [0.2, 0.25) is 0 Å². The van der Waals surface area contributed by atoms with Gasteiger partial charge in [-0.05, 0) is 32.9 Å². The highest BCUT2D eigenvalue weighted by molar-refractivity contribution is 5.93. The molecule has 0 aromatic carbocycles. The first kappa shape index (κ1) is 17.5. The molecule has 3 aromatic heterocycles. The largest absolute Gasteiger partial charge is 0.355 e. The SMILES string of the molecule is CCNc1ncc(C(=O)N[C@H](C)c2cnn(-c3ccccn3)c2C)cn1. The lowest BCUT2D eigenvalue weighted by Gasteiger charge is -2.14. The van der Waals surface area contributed by atoms with Crippen LogP contribution in [0, 0.1) is 6.92 Å². The monoisotopic (exact) mass is 351 g/mol. The van der Waals surface area contributed by atoms with Crippen LogP contribution in [-0.2, 0) is 0 Å². The molecule has 8 heteroatoms. The molecule has 26 heavy (non-hydrogen) atoms. The number of amides is 1. The maximum absolute atomic E-state index is 12.4. The van der Waals surface area contributed by atoms with Crippen molar-refractivity contribution in [2.45, 2.75) is 26.8 Å². The second kappa shape index (κ2) is 7.73. The normalized spacial score (nSPS) is 11.8. The summed E-state index contributed by atoms with van der Waals surface area (Å²) >= 11 is 0. The molecule has 0 saturated carbocycles. The second-order valence-electron chi connectivity index (χ2n) is 5.81. The van der Waals surface area contributed by atoms with E-state index in [1.54, 1.807) is 17.1 Å². The van der Waals surface area contributed by atoms with Crippen molar-refractivity contribution < 1.29 is 4.79 Å². The number of rotatable bonds is 6. The van der Waals surface area contributed by atoms with Gasteiger partial charge in [0, 0.05) is 36.4 Å². The summed E-state index contributed by atoms with van der Waals surface area (Å²) in [5, 5.41) is 10.3. The Balaban J connectivity index is 1.73. The molecule has 134 valence electrons. The van der Waals surface area contributed by atoms with Crippen LogP contribution in [0.3, 0.4) is 0 Å². The Kier molecular flexibility index (Phi) is 5.21. The quantitative estimate of drug-likeness (QED) is 0.707. The number of hydrogen-bond donors (Lipinski definition) is 2. The highest BCUT2D eigenvalue weighted by Gasteiger charge is 2.18. The number of nitrogens with zero attached hydrogens (tertiary/aromatic N) is 5. The Bertz CT molecular complexity index is 874. The van der Waals surface area contributed by atoms with E-state index in [1.807, 2.05) is 39.0 Å². The van der Waals surface area contributed by atoms with Gasteiger partial charge in [-0.1, -0.05) is 6.07 Å². The molecule has 0 aliphatic carbocycles. The van der Waals surface area contributed by atoms with Crippen molar-refractivity contribution in [1.29, 1.82) is 0 Å². The van der Waals surface area contributed by atoms with E-state index in [1.165, 1.54) is 12.4 Å². The minimum Gasteiger partial charge on any atom is -0.355 e. The third-order valence-corrected chi connectivity index (χ3v) is 3.98. The molecule has 0 aliphatic heterocycles. The standard InChI is InChI=1S/C18H21N7O/c1-4-19-18-21-9-14(10-22-18)17(26)24-12(2)15-11-23-25(13(15)3)16-7-5-6-8-20-16/h5-12H,4H2,1-3H3,(H,24,26)(H,19,21,22)/t12-/m1/s1. The molecule has 0 saturated heterocycles. The van der Waals surface area contributed by atoms with Crippen molar-refractivity contribution in [2.24, 2.45) is 0 Å². The summed E-state index contributed by atoms with van der Waals surface area (Å²) in [4.78, 5) is 25.0. The zero-order valence-corrected chi connectivity index (χ0v) is 15.0. The number of aromatic nitrogens is 5. The predicted molar refractivity (Wildman–Crippen MR) is 98.2 cm³/mol. The Morgan fingerprint density at radius 3 is 2.62 bits per heavy atom. The number of hydrogen-bond acceptors (Lipinski definition) is 6. The van der Waals surface area contributed by atoms with Crippen LogP contribution in [0.1, 0.15) is 41.5 Å². The van der Waals surface area contributed by atoms with Crippen LogP contribution in [0.25, 0.3) is 5.82 Å². The van der Waals surface area contributed by atoms with E-state index in [9.17, 15) is 4.79 Å². The van der Waals surface area contributed by atoms with Gasteiger partial charge in [0.25, 0.3) is 5.91 Å². The Morgan fingerprint density at radius 1 is 1.19 bits per heavy atom. The van der Waals surface area contributed by atoms with Crippen LogP contribution in [0.5, 0.6) is 0 Å². The summed E-state index contributed by atoms with van der Waals surface area (Å²) in [6, 6.07) is 5.44. The summed E-state index contributed by atoms with van der Waals surface area (Å²) in [6.07, 6.45) is 6.49. The number of carbonyl (C=O) groups is 1. The Hall–Kier alpha value is -3.29. The molecule has 1 amide bonds. The molecule has 2 N–H and O–H groups in total. The van der Waals surface area contributed by atoms with Crippen molar-refractivity contribution in [1.82, 2.24) is 30.0 Å². The second-order valence-corrected chi connectivity index (χ2v) is 5.81. The predicted octanol–water partition coefficient (Wildman–Crippen LogP) is 2.29. The average Bonchev–Trinajstić information content (AvgIpc) is 3.05. The first-order chi connectivity index (χ1) is 12.6. The number of nitrogens with one attached hydrogen (secondary N) is 2. The minimum atomic E-state index is -0.231. The summed E-state index contributed by atoms with van der Waals surface area (Å²) in [5.74, 6) is 1.01. The molecule has 0 bridgehead atoms. The van der Waals surface area contributed by atoms with Crippen molar-refractivity contribution in [3.05, 3.63) is 59.8 Å². The first-order valence-corrected chi connectivity index (χ1v) is 8.43. The summed E-state index contributed by atoms with van der Waals surface area (Å²) in [7, 11) is 0. The maximum atomic E-state index is 12.4. The van der Waals surface area contributed by atoms with Crippen LogP contribution in [0.4, 0.5) is 5.95 Å².